The molecule has 3 aromatic rings. The van der Waals surface area contributed by atoms with Crippen molar-refractivity contribution in [2.24, 2.45) is 0 Å². The van der Waals surface area contributed by atoms with Crippen molar-refractivity contribution in [1.29, 1.82) is 0 Å². The second kappa shape index (κ2) is 9.40. The highest BCUT2D eigenvalue weighted by Crippen LogP contribution is 2.35. The Hall–Kier alpha value is -4.39. The van der Waals surface area contributed by atoms with E-state index in [-0.39, 0.29) is 23.9 Å². The second-order valence-electron chi connectivity index (χ2n) is 7.15. The maximum Gasteiger partial charge on any atom is 0.337 e. The molecule has 0 atom stereocenters. The van der Waals surface area contributed by atoms with Gasteiger partial charge in [-0.25, -0.2) is 4.79 Å². The fourth-order valence-corrected chi connectivity index (χ4v) is 3.25. The minimum absolute atomic E-state index is 0.155. The van der Waals surface area contributed by atoms with Gasteiger partial charge in [-0.3, -0.25) is 9.59 Å². The van der Waals surface area contributed by atoms with Gasteiger partial charge in [0.05, 0.1) is 25.3 Å². The number of ether oxygens (including phenoxy) is 4. The third-order valence-corrected chi connectivity index (χ3v) is 5.05. The average Bonchev–Trinajstić information content (AvgIpc) is 3.16. The van der Waals surface area contributed by atoms with E-state index >= 15 is 0 Å². The topological polar surface area (TPSA) is 88.1 Å². The van der Waals surface area contributed by atoms with Crippen LogP contribution in [0.15, 0.2) is 72.5 Å². The largest absolute Gasteiger partial charge is 0.497 e. The van der Waals surface area contributed by atoms with Crippen LogP contribution >= 0.6 is 0 Å². The van der Waals surface area contributed by atoms with Crippen molar-refractivity contribution in [3.05, 3.63) is 94.7 Å². The van der Waals surface area contributed by atoms with Gasteiger partial charge in [0.25, 0.3) is 0 Å². The maximum atomic E-state index is 12.7. The van der Waals surface area contributed by atoms with Gasteiger partial charge >= 0.3 is 5.97 Å². The molecule has 0 N–H and O–H groups in total. The molecule has 0 amide bonds. The molecule has 1 aliphatic rings. The molecule has 1 aliphatic heterocycles. The molecule has 0 saturated heterocycles. The predicted octanol–water partition coefficient (Wildman–Crippen LogP) is 4.36. The fraction of sp³-hybridized carbons (Fsp3) is 0.115. The van der Waals surface area contributed by atoms with Crippen LogP contribution in [0.3, 0.4) is 0 Å². The summed E-state index contributed by atoms with van der Waals surface area (Å²) in [4.78, 5) is 36.6. The van der Waals surface area contributed by atoms with Crippen molar-refractivity contribution in [3.8, 4) is 17.2 Å². The lowest BCUT2D eigenvalue weighted by atomic mass is 10.1. The van der Waals surface area contributed by atoms with Gasteiger partial charge in [-0.05, 0) is 60.2 Å². The fourth-order valence-electron chi connectivity index (χ4n) is 3.25. The number of carbonyl (C=O) groups is 3. The Morgan fingerprint density at radius 1 is 0.879 bits per heavy atom. The van der Waals surface area contributed by atoms with Gasteiger partial charge in [0.1, 0.15) is 17.2 Å². The molecule has 1 heterocycles. The molecule has 4 rings (SSSR count). The molecule has 166 valence electrons. The van der Waals surface area contributed by atoms with E-state index in [0.717, 1.165) is 0 Å². The molecular formula is C26H20O7. The number of fused-ring (bicyclic) bond motifs is 1. The van der Waals surface area contributed by atoms with Crippen LogP contribution in [0.1, 0.15) is 36.6 Å². The molecule has 0 aromatic heterocycles. The van der Waals surface area contributed by atoms with E-state index in [1.165, 1.54) is 7.11 Å². The van der Waals surface area contributed by atoms with E-state index in [9.17, 15) is 14.4 Å². The number of carbonyl (C=O) groups excluding carboxylic acids is 3. The van der Waals surface area contributed by atoms with Crippen molar-refractivity contribution in [2.75, 3.05) is 20.8 Å². The number of benzene rings is 3. The van der Waals surface area contributed by atoms with Crippen molar-refractivity contribution >= 4 is 23.6 Å². The Kier molecular flexibility index (Phi) is 6.22. The summed E-state index contributed by atoms with van der Waals surface area (Å²) in [6, 6.07) is 18.2. The number of hydrogen-bond acceptors (Lipinski definition) is 7. The standard InChI is InChI=1S/C26H20O7/c1-30-19-9-7-17(8-10-19)22(27)15-32-20-11-12-21-23(14-20)33-24(25(21)28)13-16-3-5-18(6-4-16)26(29)31-2/h3-14H,15H2,1-2H3. The quantitative estimate of drug-likeness (QED) is 0.304. The third kappa shape index (κ3) is 4.77. The first-order valence-corrected chi connectivity index (χ1v) is 10.0. The Balaban J connectivity index is 1.43. The zero-order valence-electron chi connectivity index (χ0n) is 18.0. The van der Waals surface area contributed by atoms with Crippen molar-refractivity contribution in [1.82, 2.24) is 0 Å². The minimum Gasteiger partial charge on any atom is -0.497 e. The van der Waals surface area contributed by atoms with E-state index in [4.69, 9.17) is 14.2 Å². The normalized spacial score (nSPS) is 13.3. The number of methoxy groups -OCH3 is 2. The lowest BCUT2D eigenvalue weighted by Crippen LogP contribution is -2.11. The molecule has 0 unspecified atom stereocenters. The molecule has 0 spiro atoms. The first-order chi connectivity index (χ1) is 16.0. The Labute approximate surface area is 190 Å². The molecule has 0 saturated carbocycles. The highest BCUT2D eigenvalue weighted by molar-refractivity contribution is 6.14. The van der Waals surface area contributed by atoms with Gasteiger partial charge in [0, 0.05) is 11.6 Å². The molecule has 7 nitrogen and oxygen atoms in total. The summed E-state index contributed by atoms with van der Waals surface area (Å²) in [5, 5.41) is 0. The van der Waals surface area contributed by atoms with Crippen LogP contribution in [0.2, 0.25) is 0 Å². The molecule has 0 aliphatic carbocycles. The highest BCUT2D eigenvalue weighted by atomic mass is 16.5. The maximum absolute atomic E-state index is 12.7. The number of hydrogen-bond donors (Lipinski definition) is 0. The second-order valence-corrected chi connectivity index (χ2v) is 7.15. The van der Waals surface area contributed by atoms with E-state index in [1.807, 2.05) is 0 Å². The van der Waals surface area contributed by atoms with E-state index in [1.54, 1.807) is 79.9 Å². The number of esters is 1. The van der Waals surface area contributed by atoms with Crippen LogP contribution in [-0.2, 0) is 4.74 Å². The molecule has 0 fully saturated rings. The highest BCUT2D eigenvalue weighted by Gasteiger charge is 2.27. The van der Waals surface area contributed by atoms with Gasteiger partial charge < -0.3 is 18.9 Å². The summed E-state index contributed by atoms with van der Waals surface area (Å²) in [6.07, 6.45) is 1.59. The van der Waals surface area contributed by atoms with Crippen LogP contribution in [0.4, 0.5) is 0 Å². The van der Waals surface area contributed by atoms with Crippen LogP contribution < -0.4 is 14.2 Å². The van der Waals surface area contributed by atoms with Crippen molar-refractivity contribution < 1.29 is 33.3 Å². The van der Waals surface area contributed by atoms with Gasteiger partial charge in [-0.2, -0.15) is 0 Å². The molecule has 0 radical (unpaired) electrons. The van der Waals surface area contributed by atoms with E-state index in [0.29, 0.717) is 39.5 Å². The lowest BCUT2D eigenvalue weighted by molar-refractivity contribution is 0.0600. The van der Waals surface area contributed by atoms with Crippen LogP contribution in [0.25, 0.3) is 6.08 Å². The summed E-state index contributed by atoms with van der Waals surface area (Å²) < 4.78 is 21.1. The Morgan fingerprint density at radius 3 is 2.21 bits per heavy atom. The Bertz CT molecular complexity index is 1240. The molecule has 0 bridgehead atoms. The summed E-state index contributed by atoms with van der Waals surface area (Å²) in [5.41, 5.74) is 2.01. The number of Topliss-reactive ketones (excluding diaryl/α,β-unsaturated/α-hetero) is 2. The van der Waals surface area contributed by atoms with Crippen LogP contribution in [0.5, 0.6) is 17.2 Å². The average molecular weight is 444 g/mol. The van der Waals surface area contributed by atoms with Crippen LogP contribution in [0, 0.1) is 0 Å². The Morgan fingerprint density at radius 2 is 1.55 bits per heavy atom. The summed E-state index contributed by atoms with van der Waals surface area (Å²) in [6.45, 7) is -0.158. The number of rotatable bonds is 7. The third-order valence-electron chi connectivity index (χ3n) is 5.05. The van der Waals surface area contributed by atoms with Gasteiger partial charge in [-0.1, -0.05) is 12.1 Å². The molecule has 3 aromatic carbocycles. The molecule has 33 heavy (non-hydrogen) atoms. The van der Waals surface area contributed by atoms with Crippen LogP contribution in [-0.4, -0.2) is 38.4 Å². The monoisotopic (exact) mass is 444 g/mol. The lowest BCUT2D eigenvalue weighted by Gasteiger charge is -2.07. The smallest absolute Gasteiger partial charge is 0.337 e. The zero-order valence-corrected chi connectivity index (χ0v) is 18.0. The minimum atomic E-state index is -0.437. The van der Waals surface area contributed by atoms with Gasteiger partial charge in [-0.15, -0.1) is 0 Å². The first kappa shape index (κ1) is 21.8. The van der Waals surface area contributed by atoms with Gasteiger partial charge in [0.15, 0.2) is 18.1 Å². The zero-order chi connectivity index (χ0) is 23.4. The SMILES string of the molecule is COC(=O)c1ccc(C=C2Oc3cc(OCC(=O)c4ccc(OC)cc4)ccc3C2=O)cc1. The first-order valence-electron chi connectivity index (χ1n) is 10.0. The van der Waals surface area contributed by atoms with E-state index < -0.39 is 5.97 Å². The molecule has 7 heteroatoms. The summed E-state index contributed by atoms with van der Waals surface area (Å²) in [7, 11) is 2.87. The number of ketones is 2. The summed E-state index contributed by atoms with van der Waals surface area (Å²) in [5.74, 6) is 0.694. The molecular weight excluding hydrogens is 424 g/mol. The van der Waals surface area contributed by atoms with Crippen molar-refractivity contribution in [3.63, 3.8) is 0 Å². The van der Waals surface area contributed by atoms with Crippen molar-refractivity contribution in [2.45, 2.75) is 0 Å². The number of allylic oxidation sites excluding steroid dienone is 1. The van der Waals surface area contributed by atoms with Gasteiger partial charge in [0.2, 0.25) is 5.78 Å². The predicted molar refractivity (Wildman–Crippen MR) is 120 cm³/mol. The summed E-state index contributed by atoms with van der Waals surface area (Å²) >= 11 is 0. The van der Waals surface area contributed by atoms with E-state index in [2.05, 4.69) is 4.74 Å².